The smallest absolute Gasteiger partial charge is 0.309 e. The summed E-state index contributed by atoms with van der Waals surface area (Å²) in [5.74, 6) is 1.08. The molecule has 41 heavy (non-hydrogen) atoms. The van der Waals surface area contributed by atoms with Gasteiger partial charge in [0.15, 0.2) is 5.78 Å². The van der Waals surface area contributed by atoms with Crippen LogP contribution in [0.3, 0.4) is 0 Å². The van der Waals surface area contributed by atoms with Crippen molar-refractivity contribution in [3.05, 3.63) is 11.6 Å². The summed E-state index contributed by atoms with van der Waals surface area (Å²) in [6.07, 6.45) is 18.1. The summed E-state index contributed by atoms with van der Waals surface area (Å²) in [5, 5.41) is 10.2. The van der Waals surface area contributed by atoms with Crippen LogP contribution in [0.1, 0.15) is 138 Å². The van der Waals surface area contributed by atoms with Crippen molar-refractivity contribution >= 4 is 11.8 Å². The third-order valence-corrected chi connectivity index (χ3v) is 15.3. The third kappa shape index (κ3) is 4.21. The van der Waals surface area contributed by atoms with Crippen LogP contribution in [0.15, 0.2) is 11.6 Å². The topological polar surface area (TPSA) is 63.6 Å². The lowest BCUT2D eigenvalue weighted by Gasteiger charge is -2.70. The minimum Gasteiger partial charge on any atom is -0.481 e. The lowest BCUT2D eigenvalue weighted by molar-refractivity contribution is -0.211. The van der Waals surface area contributed by atoms with E-state index in [2.05, 4.69) is 47.6 Å². The Bertz CT molecular complexity index is 1120. The molecule has 0 radical (unpaired) electrons. The SMILES string of the molecule is CC1(C)C2CC[C@]3(C)C(C(=O)C=C4[C@@H]5C[C@@](C)(C(=O)O)CC[C@]5(C)CC[C@]43C)[C@@]2(C)CC[C@@H]1OCC1CCCCC1. The number of carbonyl (C=O) groups excluding carboxylic acids is 1. The van der Waals surface area contributed by atoms with E-state index in [1.165, 1.54) is 37.7 Å². The molecule has 0 heterocycles. The molecule has 2 unspecified atom stereocenters. The number of allylic oxidation sites excluding steroid dienone is 2. The molecule has 230 valence electrons. The Kier molecular flexibility index (Phi) is 7.05. The highest BCUT2D eigenvalue weighted by Crippen LogP contribution is 2.75. The minimum atomic E-state index is -0.701. The number of fused-ring (bicyclic) bond motifs is 7. The summed E-state index contributed by atoms with van der Waals surface area (Å²) in [5.41, 5.74) is 0.572. The number of carbonyl (C=O) groups is 2. The summed E-state index contributed by atoms with van der Waals surface area (Å²) in [6.45, 7) is 17.5. The van der Waals surface area contributed by atoms with Crippen LogP contribution in [-0.4, -0.2) is 29.6 Å². The van der Waals surface area contributed by atoms with Gasteiger partial charge in [-0.1, -0.05) is 66.4 Å². The van der Waals surface area contributed by atoms with Crippen molar-refractivity contribution in [3.63, 3.8) is 0 Å². The van der Waals surface area contributed by atoms with Gasteiger partial charge in [0.25, 0.3) is 0 Å². The molecular formula is C37H58O4. The molecule has 0 aromatic carbocycles. The predicted molar refractivity (Wildman–Crippen MR) is 163 cm³/mol. The van der Waals surface area contributed by atoms with Crippen LogP contribution in [0.25, 0.3) is 0 Å². The fourth-order valence-corrected chi connectivity index (χ4v) is 12.3. The molecule has 6 aliphatic carbocycles. The first-order chi connectivity index (χ1) is 19.1. The average Bonchev–Trinajstić information content (AvgIpc) is 2.90. The maximum absolute atomic E-state index is 14.6. The summed E-state index contributed by atoms with van der Waals surface area (Å²) in [4.78, 5) is 26.9. The van der Waals surface area contributed by atoms with Gasteiger partial charge in [-0.3, -0.25) is 9.59 Å². The van der Waals surface area contributed by atoms with E-state index in [-0.39, 0.29) is 45.0 Å². The maximum Gasteiger partial charge on any atom is 0.309 e. The Balaban J connectivity index is 1.31. The molecule has 0 amide bonds. The van der Waals surface area contributed by atoms with Crippen LogP contribution in [0.4, 0.5) is 0 Å². The molecule has 9 atom stereocenters. The second kappa shape index (κ2) is 9.67. The van der Waals surface area contributed by atoms with Crippen LogP contribution in [0.5, 0.6) is 0 Å². The van der Waals surface area contributed by atoms with Crippen LogP contribution < -0.4 is 0 Å². The molecule has 5 saturated carbocycles. The van der Waals surface area contributed by atoms with E-state index >= 15 is 0 Å². The Labute approximate surface area is 249 Å². The quantitative estimate of drug-likeness (QED) is 0.369. The third-order valence-electron chi connectivity index (χ3n) is 15.3. The lowest BCUT2D eigenvalue weighted by Crippen LogP contribution is -2.66. The average molecular weight is 567 g/mol. The van der Waals surface area contributed by atoms with Gasteiger partial charge in [-0.15, -0.1) is 0 Å². The van der Waals surface area contributed by atoms with Gasteiger partial charge in [0, 0.05) is 12.5 Å². The van der Waals surface area contributed by atoms with Gasteiger partial charge >= 0.3 is 5.97 Å². The van der Waals surface area contributed by atoms with E-state index in [0.717, 1.165) is 63.9 Å². The molecule has 5 fully saturated rings. The van der Waals surface area contributed by atoms with E-state index in [1.807, 2.05) is 6.92 Å². The molecule has 4 nitrogen and oxygen atoms in total. The molecule has 6 aliphatic rings. The zero-order chi connectivity index (χ0) is 29.6. The summed E-state index contributed by atoms with van der Waals surface area (Å²) < 4.78 is 6.79. The van der Waals surface area contributed by atoms with Gasteiger partial charge in [-0.2, -0.15) is 0 Å². The van der Waals surface area contributed by atoms with Gasteiger partial charge in [0.05, 0.1) is 11.5 Å². The normalized spacial score (nSPS) is 49.6. The fourth-order valence-electron chi connectivity index (χ4n) is 12.3. The van der Waals surface area contributed by atoms with Gasteiger partial charge < -0.3 is 9.84 Å². The van der Waals surface area contributed by atoms with E-state index < -0.39 is 11.4 Å². The maximum atomic E-state index is 14.6. The molecule has 0 aromatic rings. The highest BCUT2D eigenvalue weighted by Gasteiger charge is 2.70. The van der Waals surface area contributed by atoms with Gasteiger partial charge in [-0.05, 0) is 128 Å². The van der Waals surface area contributed by atoms with Crippen molar-refractivity contribution in [1.82, 2.24) is 0 Å². The number of rotatable bonds is 4. The number of aliphatic carboxylic acids is 1. The highest BCUT2D eigenvalue weighted by atomic mass is 16.5. The molecular weight excluding hydrogens is 508 g/mol. The summed E-state index contributed by atoms with van der Waals surface area (Å²) in [7, 11) is 0. The zero-order valence-electron chi connectivity index (χ0n) is 27.2. The number of ketones is 1. The second-order valence-electron chi connectivity index (χ2n) is 17.7. The van der Waals surface area contributed by atoms with E-state index in [0.29, 0.717) is 18.1 Å². The number of ether oxygens (including phenoxy) is 1. The monoisotopic (exact) mass is 566 g/mol. The van der Waals surface area contributed by atoms with Crippen molar-refractivity contribution in [3.8, 4) is 0 Å². The van der Waals surface area contributed by atoms with Crippen molar-refractivity contribution in [2.45, 2.75) is 144 Å². The van der Waals surface area contributed by atoms with E-state index in [4.69, 9.17) is 4.74 Å². The van der Waals surface area contributed by atoms with Gasteiger partial charge in [-0.25, -0.2) is 0 Å². The van der Waals surface area contributed by atoms with Crippen molar-refractivity contribution in [2.24, 2.45) is 56.2 Å². The molecule has 1 N–H and O–H groups in total. The van der Waals surface area contributed by atoms with Crippen molar-refractivity contribution < 1.29 is 19.4 Å². The van der Waals surface area contributed by atoms with Crippen molar-refractivity contribution in [1.29, 1.82) is 0 Å². The Morgan fingerprint density at radius 2 is 1.56 bits per heavy atom. The molecule has 0 aliphatic heterocycles. The molecule has 0 spiro atoms. The first-order valence-corrected chi connectivity index (χ1v) is 17.2. The first-order valence-electron chi connectivity index (χ1n) is 17.2. The van der Waals surface area contributed by atoms with Gasteiger partial charge in [0.1, 0.15) is 0 Å². The lowest BCUT2D eigenvalue weighted by atomic mass is 9.33. The Hall–Kier alpha value is -1.16. The highest BCUT2D eigenvalue weighted by molar-refractivity contribution is 5.95. The number of carboxylic acids is 1. The standard InChI is InChI=1S/C37H58O4/c1-32(2)28-13-16-37(7)30(35(28,5)15-14-29(32)41-23-24-11-9-8-10-12-24)27(38)21-25-26-22-34(4,31(39)40)18-17-33(26,3)19-20-36(25,37)6/h21,24,26,28-30H,8-20,22-23H2,1-7H3,(H,39,40)/t26-,28?,29-,30?,33+,34-,35-,36+,37+/m0/s1. The molecule has 0 aromatic heterocycles. The van der Waals surface area contributed by atoms with Crippen LogP contribution in [-0.2, 0) is 14.3 Å². The number of hydrogen-bond donors (Lipinski definition) is 1. The largest absolute Gasteiger partial charge is 0.481 e. The first kappa shape index (κ1) is 29.9. The Morgan fingerprint density at radius 1 is 0.878 bits per heavy atom. The predicted octanol–water partition coefficient (Wildman–Crippen LogP) is 9.02. The summed E-state index contributed by atoms with van der Waals surface area (Å²) in [6, 6.07) is 0. The van der Waals surface area contributed by atoms with E-state index in [1.54, 1.807) is 0 Å². The van der Waals surface area contributed by atoms with Crippen LogP contribution in [0.2, 0.25) is 0 Å². The molecule has 6 rings (SSSR count). The summed E-state index contributed by atoms with van der Waals surface area (Å²) >= 11 is 0. The van der Waals surface area contributed by atoms with Crippen LogP contribution in [0, 0.1) is 56.2 Å². The van der Waals surface area contributed by atoms with Crippen molar-refractivity contribution in [2.75, 3.05) is 6.61 Å². The second-order valence-corrected chi connectivity index (χ2v) is 17.7. The van der Waals surface area contributed by atoms with E-state index in [9.17, 15) is 14.7 Å². The van der Waals surface area contributed by atoms with Crippen LogP contribution >= 0.6 is 0 Å². The molecule has 4 heteroatoms. The number of carboxylic acid groups (broad SMARTS) is 1. The molecule has 0 bridgehead atoms. The van der Waals surface area contributed by atoms with Gasteiger partial charge in [0.2, 0.25) is 0 Å². The molecule has 0 saturated heterocycles. The zero-order valence-corrected chi connectivity index (χ0v) is 27.2. The minimum absolute atomic E-state index is 0.0277. The number of hydrogen-bond acceptors (Lipinski definition) is 3. The fraction of sp³-hybridized carbons (Fsp3) is 0.892. The Morgan fingerprint density at radius 3 is 2.24 bits per heavy atom.